The number of aryl methyl sites for hydroxylation is 1. The summed E-state index contributed by atoms with van der Waals surface area (Å²) in [6.45, 7) is 1.87. The maximum absolute atomic E-state index is 13.5. The van der Waals surface area contributed by atoms with Gasteiger partial charge in [0, 0.05) is 19.6 Å². The van der Waals surface area contributed by atoms with Crippen LogP contribution in [-0.2, 0) is 26.0 Å². The Morgan fingerprint density at radius 3 is 2.54 bits per heavy atom. The summed E-state index contributed by atoms with van der Waals surface area (Å²) >= 11 is 6.25. The van der Waals surface area contributed by atoms with Gasteiger partial charge in [-0.3, -0.25) is 9.10 Å². The van der Waals surface area contributed by atoms with E-state index >= 15 is 0 Å². The van der Waals surface area contributed by atoms with Gasteiger partial charge in [0.25, 0.3) is 15.9 Å². The zero-order chi connectivity index (χ0) is 25.2. The predicted octanol–water partition coefficient (Wildman–Crippen LogP) is 4.82. The molecule has 0 radical (unpaired) electrons. The number of amides is 1. The van der Waals surface area contributed by atoms with Gasteiger partial charge in [-0.1, -0.05) is 49.1 Å². The second-order valence-corrected chi connectivity index (χ2v) is 11.5. The molecule has 1 aliphatic carbocycles. The molecule has 0 spiro atoms. The highest BCUT2D eigenvalue weighted by atomic mass is 35.5. The van der Waals surface area contributed by atoms with E-state index < -0.39 is 22.1 Å². The number of benzene rings is 2. The Bertz CT molecular complexity index is 1210. The van der Waals surface area contributed by atoms with Crippen LogP contribution in [0.4, 0.5) is 5.69 Å². The van der Waals surface area contributed by atoms with Crippen molar-refractivity contribution in [3.63, 3.8) is 0 Å². The smallest absolute Gasteiger partial charge is 0.340 e. The molecule has 0 unspecified atom stereocenters. The van der Waals surface area contributed by atoms with Crippen LogP contribution in [0.1, 0.15) is 61.4 Å². The van der Waals surface area contributed by atoms with Crippen LogP contribution in [0.3, 0.4) is 0 Å². The van der Waals surface area contributed by atoms with Gasteiger partial charge in [0.1, 0.15) is 0 Å². The lowest BCUT2D eigenvalue weighted by Crippen LogP contribution is -2.44. The van der Waals surface area contributed by atoms with Crippen molar-refractivity contribution < 1.29 is 22.7 Å². The first-order valence-corrected chi connectivity index (χ1v) is 13.9. The highest BCUT2D eigenvalue weighted by molar-refractivity contribution is 7.92. The summed E-state index contributed by atoms with van der Waals surface area (Å²) in [5, 5.41) is 0.0632. The standard InChI is InChI=1S/C26H31ClN2O5S/c1-18(25(30)28(2)20-11-4-3-5-12-20)34-26(31)22-17-21(14-15-23(22)27)35(32,33)29-16-8-10-19-9-6-7-13-24(19)29/h6-7,9,13-15,17-18,20H,3-5,8,10-12,16H2,1-2H3/t18-/m1/s1. The minimum absolute atomic E-state index is 0.0520. The molecule has 2 aromatic carbocycles. The molecule has 1 fully saturated rings. The monoisotopic (exact) mass is 518 g/mol. The lowest BCUT2D eigenvalue weighted by Gasteiger charge is -2.32. The van der Waals surface area contributed by atoms with Gasteiger partial charge < -0.3 is 9.64 Å². The quantitative estimate of drug-likeness (QED) is 0.512. The summed E-state index contributed by atoms with van der Waals surface area (Å²) in [7, 11) is -2.19. The SMILES string of the molecule is C[C@@H](OC(=O)c1cc(S(=O)(=O)N2CCCc3ccccc32)ccc1Cl)C(=O)N(C)C1CCCCC1. The summed E-state index contributed by atoms with van der Waals surface area (Å²) in [6, 6.07) is 11.5. The molecule has 35 heavy (non-hydrogen) atoms. The second-order valence-electron chi connectivity index (χ2n) is 9.24. The van der Waals surface area contributed by atoms with E-state index in [2.05, 4.69) is 0 Å². The lowest BCUT2D eigenvalue weighted by molar-refractivity contribution is -0.141. The van der Waals surface area contributed by atoms with E-state index in [0.29, 0.717) is 18.7 Å². The van der Waals surface area contributed by atoms with Gasteiger partial charge in [0.2, 0.25) is 0 Å². The van der Waals surface area contributed by atoms with Crippen LogP contribution in [-0.4, -0.2) is 50.9 Å². The molecule has 1 atom stereocenters. The number of para-hydroxylation sites is 1. The molecular formula is C26H31ClN2O5S. The molecule has 0 bridgehead atoms. The van der Waals surface area contributed by atoms with E-state index in [1.165, 1.54) is 35.8 Å². The highest BCUT2D eigenvalue weighted by Crippen LogP contribution is 2.33. The number of hydrogen-bond donors (Lipinski definition) is 0. The molecule has 9 heteroatoms. The van der Waals surface area contributed by atoms with Crippen molar-refractivity contribution in [2.75, 3.05) is 17.9 Å². The lowest BCUT2D eigenvalue weighted by atomic mass is 9.94. The van der Waals surface area contributed by atoms with Crippen LogP contribution >= 0.6 is 11.6 Å². The van der Waals surface area contributed by atoms with E-state index in [9.17, 15) is 18.0 Å². The number of nitrogens with zero attached hydrogens (tertiary/aromatic N) is 2. The third-order valence-electron chi connectivity index (χ3n) is 6.91. The summed E-state index contributed by atoms with van der Waals surface area (Å²) in [4.78, 5) is 27.4. The van der Waals surface area contributed by atoms with Gasteiger partial charge in [-0.05, 0) is 62.4 Å². The highest BCUT2D eigenvalue weighted by Gasteiger charge is 2.32. The van der Waals surface area contributed by atoms with Crippen LogP contribution < -0.4 is 4.31 Å². The third kappa shape index (κ3) is 5.33. The number of rotatable bonds is 6. The van der Waals surface area contributed by atoms with E-state index in [-0.39, 0.29) is 27.4 Å². The molecular weight excluding hydrogens is 488 g/mol. The van der Waals surface area contributed by atoms with Crippen LogP contribution in [0.2, 0.25) is 5.02 Å². The fourth-order valence-corrected chi connectivity index (χ4v) is 6.67. The van der Waals surface area contributed by atoms with Crippen LogP contribution in [0, 0.1) is 0 Å². The van der Waals surface area contributed by atoms with Crippen LogP contribution in [0.15, 0.2) is 47.4 Å². The fraction of sp³-hybridized carbons (Fsp3) is 0.462. The van der Waals surface area contributed by atoms with E-state index in [0.717, 1.165) is 37.7 Å². The Labute approximate surface area is 212 Å². The fourth-order valence-electron chi connectivity index (χ4n) is 4.91. The van der Waals surface area contributed by atoms with Gasteiger partial charge in [-0.25, -0.2) is 13.2 Å². The van der Waals surface area contributed by atoms with Crippen molar-refractivity contribution >= 4 is 39.2 Å². The number of hydrogen-bond acceptors (Lipinski definition) is 5. The molecule has 0 N–H and O–H groups in total. The first kappa shape index (κ1) is 25.5. The van der Waals surface area contributed by atoms with Gasteiger partial charge in [0.05, 0.1) is 21.2 Å². The number of esters is 1. The van der Waals surface area contributed by atoms with Crippen molar-refractivity contribution in [3.8, 4) is 0 Å². The molecule has 0 saturated heterocycles. The maximum atomic E-state index is 13.5. The number of ether oxygens (including phenoxy) is 1. The molecule has 1 saturated carbocycles. The van der Waals surface area contributed by atoms with Gasteiger partial charge in [-0.2, -0.15) is 0 Å². The maximum Gasteiger partial charge on any atom is 0.340 e. The summed E-state index contributed by atoms with van der Waals surface area (Å²) in [5.74, 6) is -1.11. The first-order chi connectivity index (χ1) is 16.7. The molecule has 1 amide bonds. The summed E-state index contributed by atoms with van der Waals surface area (Å²) in [6.07, 6.45) is 5.70. The normalized spacial score (nSPS) is 17.4. The number of halogens is 1. The van der Waals surface area contributed by atoms with Crippen molar-refractivity contribution in [2.45, 2.75) is 68.9 Å². The second kappa shape index (κ2) is 10.6. The van der Waals surface area contributed by atoms with E-state index in [4.69, 9.17) is 16.3 Å². The van der Waals surface area contributed by atoms with Gasteiger partial charge in [0.15, 0.2) is 6.10 Å². The molecule has 0 aromatic heterocycles. The zero-order valence-corrected chi connectivity index (χ0v) is 21.6. The number of anilines is 1. The number of likely N-dealkylation sites (N-methyl/N-ethyl adjacent to an activating group) is 1. The van der Waals surface area contributed by atoms with Crippen LogP contribution in [0.5, 0.6) is 0 Å². The van der Waals surface area contributed by atoms with Crippen LogP contribution in [0.25, 0.3) is 0 Å². The minimum atomic E-state index is -3.93. The zero-order valence-electron chi connectivity index (χ0n) is 20.1. The number of sulfonamides is 1. The molecule has 188 valence electrons. The molecule has 2 aliphatic rings. The average Bonchev–Trinajstić information content (AvgIpc) is 2.87. The van der Waals surface area contributed by atoms with Crippen molar-refractivity contribution in [2.24, 2.45) is 0 Å². The summed E-state index contributed by atoms with van der Waals surface area (Å²) < 4.78 is 33.8. The van der Waals surface area contributed by atoms with Crippen molar-refractivity contribution in [1.82, 2.24) is 4.90 Å². The molecule has 4 rings (SSSR count). The predicted molar refractivity (Wildman–Crippen MR) is 135 cm³/mol. The number of carbonyl (C=O) groups is 2. The minimum Gasteiger partial charge on any atom is -0.449 e. The Hall–Kier alpha value is -2.58. The average molecular weight is 519 g/mol. The van der Waals surface area contributed by atoms with Crippen molar-refractivity contribution in [3.05, 3.63) is 58.6 Å². The molecule has 1 aliphatic heterocycles. The molecule has 2 aromatic rings. The first-order valence-electron chi connectivity index (χ1n) is 12.1. The number of carbonyl (C=O) groups excluding carboxylic acids is 2. The number of fused-ring (bicyclic) bond motifs is 1. The third-order valence-corrected chi connectivity index (χ3v) is 9.05. The van der Waals surface area contributed by atoms with Gasteiger partial charge >= 0.3 is 5.97 Å². The Balaban J connectivity index is 1.53. The Morgan fingerprint density at radius 2 is 1.80 bits per heavy atom. The Morgan fingerprint density at radius 1 is 1.09 bits per heavy atom. The topological polar surface area (TPSA) is 84.0 Å². The molecule has 7 nitrogen and oxygen atoms in total. The molecule has 1 heterocycles. The Kier molecular flexibility index (Phi) is 7.71. The largest absolute Gasteiger partial charge is 0.449 e. The van der Waals surface area contributed by atoms with Gasteiger partial charge in [-0.15, -0.1) is 0 Å². The van der Waals surface area contributed by atoms with E-state index in [1.807, 2.05) is 12.1 Å². The van der Waals surface area contributed by atoms with E-state index in [1.54, 1.807) is 24.1 Å². The summed E-state index contributed by atoms with van der Waals surface area (Å²) in [5.41, 5.74) is 1.52. The van der Waals surface area contributed by atoms with Crippen molar-refractivity contribution in [1.29, 1.82) is 0 Å².